The van der Waals surface area contributed by atoms with Gasteiger partial charge in [-0.3, -0.25) is 0 Å². The summed E-state index contributed by atoms with van der Waals surface area (Å²) in [5, 5.41) is 6.71. The first-order valence-electron chi connectivity index (χ1n) is 8.34. The summed E-state index contributed by atoms with van der Waals surface area (Å²) in [5.41, 5.74) is 0.569. The van der Waals surface area contributed by atoms with Crippen molar-refractivity contribution in [2.75, 3.05) is 31.6 Å². The Bertz CT molecular complexity index is 703. The van der Waals surface area contributed by atoms with E-state index in [0.29, 0.717) is 30.4 Å². The van der Waals surface area contributed by atoms with Crippen molar-refractivity contribution >= 4 is 44.6 Å². The highest BCUT2D eigenvalue weighted by Crippen LogP contribution is 2.27. The van der Waals surface area contributed by atoms with Gasteiger partial charge in [0.1, 0.15) is 4.90 Å². The van der Waals surface area contributed by atoms with E-state index in [9.17, 15) is 8.42 Å². The SMILES string of the molecule is CCN(CC)S(=O)(=O)c1cc(NC(=S)NC[C@H]2CCCO2)ccc1Cl. The van der Waals surface area contributed by atoms with E-state index in [0.717, 1.165) is 19.4 Å². The number of sulfonamides is 1. The van der Waals surface area contributed by atoms with Crippen LogP contribution in [0, 0.1) is 0 Å². The molecule has 6 nitrogen and oxygen atoms in total. The molecule has 1 aromatic carbocycles. The van der Waals surface area contributed by atoms with Crippen molar-refractivity contribution in [2.24, 2.45) is 0 Å². The van der Waals surface area contributed by atoms with Crippen LogP contribution in [0.5, 0.6) is 0 Å². The van der Waals surface area contributed by atoms with E-state index in [4.69, 9.17) is 28.6 Å². The van der Waals surface area contributed by atoms with Gasteiger partial charge in [-0.2, -0.15) is 4.31 Å². The average molecular weight is 406 g/mol. The number of hydrogen-bond acceptors (Lipinski definition) is 4. The van der Waals surface area contributed by atoms with Crippen molar-refractivity contribution in [3.8, 4) is 0 Å². The normalized spacial score (nSPS) is 17.7. The van der Waals surface area contributed by atoms with Crippen LogP contribution in [-0.2, 0) is 14.8 Å². The summed E-state index contributed by atoms with van der Waals surface area (Å²) in [6.45, 7) is 5.77. The summed E-state index contributed by atoms with van der Waals surface area (Å²) >= 11 is 11.4. The van der Waals surface area contributed by atoms with Crippen LogP contribution in [0.15, 0.2) is 23.1 Å². The Labute approximate surface area is 159 Å². The Morgan fingerprint density at radius 3 is 2.72 bits per heavy atom. The molecule has 25 heavy (non-hydrogen) atoms. The zero-order chi connectivity index (χ0) is 18.4. The lowest BCUT2D eigenvalue weighted by atomic mass is 10.2. The van der Waals surface area contributed by atoms with Crippen molar-refractivity contribution in [1.82, 2.24) is 9.62 Å². The number of halogens is 1. The Balaban J connectivity index is 2.08. The molecule has 1 atom stereocenters. The van der Waals surface area contributed by atoms with Crippen LogP contribution in [0.25, 0.3) is 0 Å². The number of nitrogens with zero attached hydrogens (tertiary/aromatic N) is 1. The minimum absolute atomic E-state index is 0.0739. The fourth-order valence-corrected chi connectivity index (χ4v) is 4.83. The Hall–Kier alpha value is -0.930. The molecule has 1 aliphatic rings. The van der Waals surface area contributed by atoms with Crippen LogP contribution >= 0.6 is 23.8 Å². The molecule has 9 heteroatoms. The van der Waals surface area contributed by atoms with Crippen LogP contribution in [0.4, 0.5) is 5.69 Å². The lowest BCUT2D eigenvalue weighted by molar-refractivity contribution is 0.114. The van der Waals surface area contributed by atoms with Gasteiger partial charge in [0.2, 0.25) is 10.0 Å². The zero-order valence-corrected chi connectivity index (χ0v) is 16.8. The topological polar surface area (TPSA) is 70.7 Å². The highest BCUT2D eigenvalue weighted by molar-refractivity contribution is 7.89. The number of ether oxygens (including phenoxy) is 1. The molecule has 2 N–H and O–H groups in total. The summed E-state index contributed by atoms with van der Waals surface area (Å²) in [6.07, 6.45) is 2.25. The standard InChI is InChI=1S/C16H24ClN3O3S2/c1-3-20(4-2)25(21,22)15-10-12(7-8-14(15)17)19-16(24)18-11-13-6-5-9-23-13/h7-8,10,13H,3-6,9,11H2,1-2H3,(H2,18,19,24)/t13-/m1/s1. The third-order valence-electron chi connectivity index (χ3n) is 4.03. The molecule has 0 aromatic heterocycles. The highest BCUT2D eigenvalue weighted by atomic mass is 35.5. The second kappa shape index (κ2) is 9.14. The number of nitrogens with one attached hydrogen (secondary N) is 2. The van der Waals surface area contributed by atoms with Gasteiger partial charge in [-0.1, -0.05) is 25.4 Å². The fourth-order valence-electron chi connectivity index (χ4n) is 2.67. The van der Waals surface area contributed by atoms with Gasteiger partial charge in [0.25, 0.3) is 0 Å². The molecular formula is C16H24ClN3O3S2. The predicted octanol–water partition coefficient (Wildman–Crippen LogP) is 2.84. The van der Waals surface area contributed by atoms with Crippen molar-refractivity contribution in [3.63, 3.8) is 0 Å². The van der Waals surface area contributed by atoms with Gasteiger partial charge in [-0.05, 0) is 43.3 Å². The number of thiocarbonyl (C=S) groups is 1. The smallest absolute Gasteiger partial charge is 0.244 e. The quantitative estimate of drug-likeness (QED) is 0.680. The van der Waals surface area contributed by atoms with Gasteiger partial charge in [0.05, 0.1) is 11.1 Å². The van der Waals surface area contributed by atoms with Gasteiger partial charge in [0, 0.05) is 31.9 Å². The largest absolute Gasteiger partial charge is 0.376 e. The molecule has 1 fully saturated rings. The maximum atomic E-state index is 12.7. The lowest BCUT2D eigenvalue weighted by Gasteiger charge is -2.20. The minimum Gasteiger partial charge on any atom is -0.376 e. The summed E-state index contributed by atoms with van der Waals surface area (Å²) in [6, 6.07) is 4.77. The van der Waals surface area contributed by atoms with E-state index < -0.39 is 10.0 Å². The first kappa shape index (κ1) is 20.4. The van der Waals surface area contributed by atoms with E-state index in [-0.39, 0.29) is 16.0 Å². The van der Waals surface area contributed by atoms with Gasteiger partial charge in [-0.15, -0.1) is 0 Å². The second-order valence-corrected chi connectivity index (χ2v) is 8.43. The van der Waals surface area contributed by atoms with E-state index in [1.165, 1.54) is 10.4 Å². The molecule has 1 aliphatic heterocycles. The third-order valence-corrected chi connectivity index (χ3v) is 6.80. The van der Waals surface area contributed by atoms with Crippen LogP contribution in [0.3, 0.4) is 0 Å². The van der Waals surface area contributed by atoms with Crippen LogP contribution in [-0.4, -0.2) is 50.2 Å². The number of rotatable bonds is 7. The fraction of sp³-hybridized carbons (Fsp3) is 0.562. The number of anilines is 1. The maximum absolute atomic E-state index is 12.7. The van der Waals surface area contributed by atoms with Gasteiger partial charge >= 0.3 is 0 Å². The van der Waals surface area contributed by atoms with E-state index in [2.05, 4.69) is 10.6 Å². The molecule has 140 valence electrons. The first-order chi connectivity index (χ1) is 11.9. The summed E-state index contributed by atoms with van der Waals surface area (Å²) in [4.78, 5) is 0.0739. The minimum atomic E-state index is -3.64. The summed E-state index contributed by atoms with van der Waals surface area (Å²) < 4.78 is 32.3. The molecule has 0 radical (unpaired) electrons. The monoisotopic (exact) mass is 405 g/mol. The Kier molecular flexibility index (Phi) is 7.45. The van der Waals surface area contributed by atoms with Crippen molar-refractivity contribution < 1.29 is 13.2 Å². The molecule has 0 unspecified atom stereocenters. The van der Waals surface area contributed by atoms with Crippen LogP contribution < -0.4 is 10.6 Å². The number of hydrogen-bond donors (Lipinski definition) is 2. The molecule has 1 heterocycles. The average Bonchev–Trinajstić information content (AvgIpc) is 3.09. The van der Waals surface area contributed by atoms with E-state index >= 15 is 0 Å². The zero-order valence-electron chi connectivity index (χ0n) is 14.4. The van der Waals surface area contributed by atoms with Crippen LogP contribution in [0.2, 0.25) is 5.02 Å². The van der Waals surface area contributed by atoms with Gasteiger partial charge < -0.3 is 15.4 Å². The van der Waals surface area contributed by atoms with E-state index in [1.54, 1.807) is 26.0 Å². The Morgan fingerprint density at radius 1 is 1.40 bits per heavy atom. The summed E-state index contributed by atoms with van der Waals surface area (Å²) in [5.74, 6) is 0. The van der Waals surface area contributed by atoms with Gasteiger partial charge in [0.15, 0.2) is 5.11 Å². The molecule has 0 bridgehead atoms. The van der Waals surface area contributed by atoms with E-state index in [1.807, 2.05) is 0 Å². The van der Waals surface area contributed by atoms with Crippen molar-refractivity contribution in [1.29, 1.82) is 0 Å². The molecule has 0 saturated carbocycles. The van der Waals surface area contributed by atoms with Crippen molar-refractivity contribution in [2.45, 2.75) is 37.7 Å². The highest BCUT2D eigenvalue weighted by Gasteiger charge is 2.25. The first-order valence-corrected chi connectivity index (χ1v) is 10.6. The molecule has 1 saturated heterocycles. The molecule has 0 spiro atoms. The molecular weight excluding hydrogens is 382 g/mol. The molecule has 0 aliphatic carbocycles. The molecule has 2 rings (SSSR count). The molecule has 0 amide bonds. The number of benzene rings is 1. The predicted molar refractivity (Wildman–Crippen MR) is 105 cm³/mol. The molecule has 1 aromatic rings. The summed E-state index contributed by atoms with van der Waals surface area (Å²) in [7, 11) is -3.64. The lowest BCUT2D eigenvalue weighted by Crippen LogP contribution is -2.35. The second-order valence-electron chi connectivity index (χ2n) is 5.70. The maximum Gasteiger partial charge on any atom is 0.244 e. The van der Waals surface area contributed by atoms with Crippen molar-refractivity contribution in [3.05, 3.63) is 23.2 Å². The Morgan fingerprint density at radius 2 is 2.12 bits per heavy atom. The van der Waals surface area contributed by atoms with Crippen LogP contribution in [0.1, 0.15) is 26.7 Å². The third kappa shape index (κ3) is 5.27. The van der Waals surface area contributed by atoms with Gasteiger partial charge in [-0.25, -0.2) is 8.42 Å².